The molecule has 4 nitrogen and oxygen atoms in total. The molecule has 0 bridgehead atoms. The van der Waals surface area contributed by atoms with Gasteiger partial charge in [-0.3, -0.25) is 4.79 Å². The molecule has 0 saturated carbocycles. The molecular weight excluding hydrogens is 211 g/mol. The van der Waals surface area contributed by atoms with Gasteiger partial charge in [-0.15, -0.1) is 0 Å². The first kappa shape index (κ1) is 10.9. The zero-order valence-electron chi connectivity index (χ0n) is 9.02. The van der Waals surface area contributed by atoms with Gasteiger partial charge in [0.1, 0.15) is 0 Å². The molecule has 1 aromatic heterocycles. The maximum Gasteiger partial charge on any atom is 0.310 e. The highest BCUT2D eigenvalue weighted by atomic mass is 19.1. The maximum atomic E-state index is 12.9. The van der Waals surface area contributed by atoms with Crippen LogP contribution in [0.1, 0.15) is 6.42 Å². The third-order valence-electron chi connectivity index (χ3n) is 2.80. The summed E-state index contributed by atoms with van der Waals surface area (Å²) in [6.45, 7) is 1.32. The fourth-order valence-corrected chi connectivity index (χ4v) is 1.94. The molecule has 0 amide bonds. The Labute approximate surface area is 93.0 Å². The van der Waals surface area contributed by atoms with Crippen LogP contribution in [0.5, 0.6) is 0 Å². The van der Waals surface area contributed by atoms with Crippen LogP contribution >= 0.6 is 0 Å². The number of hydrogen-bond acceptors (Lipinski definition) is 4. The van der Waals surface area contributed by atoms with Gasteiger partial charge < -0.3 is 9.64 Å². The van der Waals surface area contributed by atoms with Crippen LogP contribution in [0, 0.1) is 11.9 Å². The normalized spacial score (nSPS) is 19.9. The molecule has 0 radical (unpaired) electrons. The zero-order valence-corrected chi connectivity index (χ0v) is 9.02. The van der Waals surface area contributed by atoms with Gasteiger partial charge >= 0.3 is 5.97 Å². The first-order valence-electron chi connectivity index (χ1n) is 5.15. The van der Waals surface area contributed by atoms with E-state index in [9.17, 15) is 9.18 Å². The maximum absolute atomic E-state index is 12.9. The fraction of sp³-hybridized carbons (Fsp3) is 0.455. The van der Waals surface area contributed by atoms with Crippen LogP contribution < -0.4 is 4.90 Å². The zero-order chi connectivity index (χ0) is 11.5. The Morgan fingerprint density at radius 1 is 1.69 bits per heavy atom. The van der Waals surface area contributed by atoms with Crippen molar-refractivity contribution in [2.24, 2.45) is 5.92 Å². The monoisotopic (exact) mass is 224 g/mol. The molecule has 1 fully saturated rings. The van der Waals surface area contributed by atoms with Gasteiger partial charge in [0.15, 0.2) is 0 Å². The van der Waals surface area contributed by atoms with Gasteiger partial charge in [-0.1, -0.05) is 0 Å². The summed E-state index contributed by atoms with van der Waals surface area (Å²) in [4.78, 5) is 16.8. The molecule has 1 aliphatic heterocycles. The van der Waals surface area contributed by atoms with Crippen molar-refractivity contribution in [3.05, 3.63) is 24.3 Å². The highest BCUT2D eigenvalue weighted by Crippen LogP contribution is 2.24. The summed E-state index contributed by atoms with van der Waals surface area (Å²) < 4.78 is 17.6. The second-order valence-corrected chi connectivity index (χ2v) is 3.79. The standard InChI is InChI=1S/C11H13FN2O2/c1-16-11(15)8-3-5-14(7-8)9-2-4-13-10(12)6-9/h2,4,6,8H,3,5,7H2,1H3. The summed E-state index contributed by atoms with van der Waals surface area (Å²) in [5, 5.41) is 0. The number of esters is 1. The van der Waals surface area contributed by atoms with E-state index in [0.717, 1.165) is 18.7 Å². The molecule has 1 atom stereocenters. The molecule has 0 N–H and O–H groups in total. The van der Waals surface area contributed by atoms with Gasteiger partial charge in [0.2, 0.25) is 5.95 Å². The number of aromatic nitrogens is 1. The Hall–Kier alpha value is -1.65. The number of carbonyl (C=O) groups excluding carboxylic acids is 1. The summed E-state index contributed by atoms with van der Waals surface area (Å²) in [6.07, 6.45) is 2.17. The topological polar surface area (TPSA) is 42.4 Å². The number of pyridine rings is 1. The molecule has 2 heterocycles. The van der Waals surface area contributed by atoms with Gasteiger partial charge in [-0.05, 0) is 12.5 Å². The van der Waals surface area contributed by atoms with E-state index in [-0.39, 0.29) is 11.9 Å². The Morgan fingerprint density at radius 3 is 3.19 bits per heavy atom. The lowest BCUT2D eigenvalue weighted by Gasteiger charge is -2.17. The first-order chi connectivity index (χ1) is 7.70. The summed E-state index contributed by atoms with van der Waals surface area (Å²) in [6, 6.07) is 3.11. The van der Waals surface area contributed by atoms with Gasteiger partial charge in [-0.2, -0.15) is 4.39 Å². The number of halogens is 1. The predicted octanol–water partition coefficient (Wildman–Crippen LogP) is 1.22. The van der Waals surface area contributed by atoms with Crippen LogP contribution in [0.3, 0.4) is 0 Å². The van der Waals surface area contributed by atoms with Crippen molar-refractivity contribution >= 4 is 11.7 Å². The van der Waals surface area contributed by atoms with Crippen LogP contribution in [-0.4, -0.2) is 31.2 Å². The van der Waals surface area contributed by atoms with Crippen LogP contribution in [0.25, 0.3) is 0 Å². The smallest absolute Gasteiger partial charge is 0.310 e. The van der Waals surface area contributed by atoms with Crippen molar-refractivity contribution in [3.63, 3.8) is 0 Å². The molecule has 1 saturated heterocycles. The van der Waals surface area contributed by atoms with Crippen molar-refractivity contribution in [1.82, 2.24) is 4.98 Å². The summed E-state index contributed by atoms with van der Waals surface area (Å²) >= 11 is 0. The first-order valence-corrected chi connectivity index (χ1v) is 5.15. The minimum absolute atomic E-state index is 0.110. The highest BCUT2D eigenvalue weighted by molar-refractivity contribution is 5.74. The van der Waals surface area contributed by atoms with Crippen LogP contribution in [0.4, 0.5) is 10.1 Å². The quantitative estimate of drug-likeness (QED) is 0.559. The van der Waals surface area contributed by atoms with Crippen molar-refractivity contribution < 1.29 is 13.9 Å². The fourth-order valence-electron chi connectivity index (χ4n) is 1.94. The van der Waals surface area contributed by atoms with E-state index in [1.165, 1.54) is 19.4 Å². The molecule has 86 valence electrons. The number of hydrogen-bond donors (Lipinski definition) is 0. The molecule has 2 rings (SSSR count). The SMILES string of the molecule is COC(=O)C1CCN(c2ccnc(F)c2)C1. The Morgan fingerprint density at radius 2 is 2.50 bits per heavy atom. The molecule has 1 aliphatic rings. The second-order valence-electron chi connectivity index (χ2n) is 3.79. The number of nitrogens with zero attached hydrogens (tertiary/aromatic N) is 2. The molecule has 0 spiro atoms. The van der Waals surface area contributed by atoms with Gasteiger partial charge in [0.05, 0.1) is 13.0 Å². The largest absolute Gasteiger partial charge is 0.469 e. The van der Waals surface area contributed by atoms with E-state index in [2.05, 4.69) is 4.98 Å². The van der Waals surface area contributed by atoms with Crippen molar-refractivity contribution in [2.75, 3.05) is 25.1 Å². The molecular formula is C11H13FN2O2. The number of rotatable bonds is 2. The number of anilines is 1. The molecule has 1 unspecified atom stereocenters. The van der Waals surface area contributed by atoms with Crippen molar-refractivity contribution in [1.29, 1.82) is 0 Å². The molecule has 1 aromatic rings. The Bertz CT molecular complexity index is 397. The number of ether oxygens (including phenoxy) is 1. The van der Waals surface area contributed by atoms with Gasteiger partial charge in [0, 0.05) is 31.0 Å². The molecule has 0 aliphatic carbocycles. The average molecular weight is 224 g/mol. The Kier molecular flexibility index (Phi) is 3.03. The van der Waals surface area contributed by atoms with E-state index in [4.69, 9.17) is 4.74 Å². The van der Waals surface area contributed by atoms with Crippen LogP contribution in [0.2, 0.25) is 0 Å². The van der Waals surface area contributed by atoms with Crippen LogP contribution in [0.15, 0.2) is 18.3 Å². The van der Waals surface area contributed by atoms with E-state index >= 15 is 0 Å². The van der Waals surface area contributed by atoms with Gasteiger partial charge in [0.25, 0.3) is 0 Å². The van der Waals surface area contributed by atoms with Crippen molar-refractivity contribution in [3.8, 4) is 0 Å². The van der Waals surface area contributed by atoms with Gasteiger partial charge in [-0.25, -0.2) is 4.98 Å². The molecule has 16 heavy (non-hydrogen) atoms. The van der Waals surface area contributed by atoms with E-state index in [1.807, 2.05) is 4.90 Å². The van der Waals surface area contributed by atoms with E-state index < -0.39 is 5.95 Å². The highest BCUT2D eigenvalue weighted by Gasteiger charge is 2.29. The number of methoxy groups -OCH3 is 1. The molecule has 5 heteroatoms. The third kappa shape index (κ3) is 2.13. The molecule has 0 aromatic carbocycles. The van der Waals surface area contributed by atoms with E-state index in [0.29, 0.717) is 6.54 Å². The lowest BCUT2D eigenvalue weighted by Crippen LogP contribution is -2.23. The lowest BCUT2D eigenvalue weighted by molar-refractivity contribution is -0.144. The summed E-state index contributed by atoms with van der Waals surface area (Å²) in [5.41, 5.74) is 0.763. The Balaban J connectivity index is 2.06. The predicted molar refractivity (Wildman–Crippen MR) is 56.5 cm³/mol. The minimum Gasteiger partial charge on any atom is -0.469 e. The van der Waals surface area contributed by atoms with Crippen LogP contribution in [-0.2, 0) is 9.53 Å². The summed E-state index contributed by atoms with van der Waals surface area (Å²) in [5.74, 6) is -0.808. The third-order valence-corrected chi connectivity index (χ3v) is 2.80. The summed E-state index contributed by atoms with van der Waals surface area (Å²) in [7, 11) is 1.39. The van der Waals surface area contributed by atoms with Crippen molar-refractivity contribution in [2.45, 2.75) is 6.42 Å². The lowest BCUT2D eigenvalue weighted by atomic mass is 10.1. The number of carbonyl (C=O) groups is 1. The van der Waals surface area contributed by atoms with E-state index in [1.54, 1.807) is 6.07 Å². The second kappa shape index (κ2) is 4.47. The minimum atomic E-state index is -0.501. The average Bonchev–Trinajstić information content (AvgIpc) is 2.77.